The van der Waals surface area contributed by atoms with Crippen LogP contribution in [-0.4, -0.2) is 38.9 Å². The molecule has 0 spiro atoms. The van der Waals surface area contributed by atoms with E-state index < -0.39 is 14.7 Å². The summed E-state index contributed by atoms with van der Waals surface area (Å²) >= 11 is 0. The van der Waals surface area contributed by atoms with E-state index in [1.165, 1.54) is 91.3 Å². The van der Waals surface area contributed by atoms with Gasteiger partial charge in [-0.05, 0) is 0 Å². The molecule has 0 aliphatic rings. The van der Waals surface area contributed by atoms with Crippen molar-refractivity contribution in [3.8, 4) is 0 Å². The summed E-state index contributed by atoms with van der Waals surface area (Å²) in [6.45, 7) is 6.34. The van der Waals surface area contributed by atoms with Crippen LogP contribution < -0.4 is 0 Å². The monoisotopic (exact) mass is 524 g/mol. The summed E-state index contributed by atoms with van der Waals surface area (Å²) in [5.74, 6) is 0. The van der Waals surface area contributed by atoms with E-state index in [0.717, 1.165) is 63.2 Å². The average Bonchev–Trinajstić information content (AvgIpc) is 2.86. The number of hydrogen-bond acceptors (Lipinski definition) is 4. The molecule has 0 saturated carbocycles. The fourth-order valence-corrected chi connectivity index (χ4v) is 15.3. The van der Waals surface area contributed by atoms with Gasteiger partial charge in [-0.2, -0.15) is 0 Å². The van der Waals surface area contributed by atoms with Crippen molar-refractivity contribution in [2.45, 2.75) is 143 Å². The summed E-state index contributed by atoms with van der Waals surface area (Å²) in [5, 5.41) is 0. The number of unbranched alkanes of at least 4 members (excludes halogenated alkanes) is 14. The Morgan fingerprint density at radius 3 is 1.09 bits per heavy atom. The van der Waals surface area contributed by atoms with E-state index in [9.17, 15) is 4.57 Å². The van der Waals surface area contributed by atoms with E-state index in [1.807, 2.05) is 0 Å². The molecular formula is C28H62O4P2. The van der Waals surface area contributed by atoms with Gasteiger partial charge in [-0.15, -0.1) is 0 Å². The van der Waals surface area contributed by atoms with Gasteiger partial charge in [0, 0.05) is 0 Å². The van der Waals surface area contributed by atoms with Crippen LogP contribution in [0.4, 0.5) is 0 Å². The molecule has 4 nitrogen and oxygen atoms in total. The topological polar surface area (TPSA) is 44.8 Å². The van der Waals surface area contributed by atoms with E-state index in [1.54, 1.807) is 0 Å². The van der Waals surface area contributed by atoms with E-state index in [0.29, 0.717) is 0 Å². The van der Waals surface area contributed by atoms with Gasteiger partial charge in [-0.3, -0.25) is 0 Å². The predicted octanol–water partition coefficient (Wildman–Crippen LogP) is 11.0. The summed E-state index contributed by atoms with van der Waals surface area (Å²) < 4.78 is 30.8. The molecule has 0 aromatic rings. The van der Waals surface area contributed by atoms with Crippen LogP contribution in [0.2, 0.25) is 0 Å². The molecule has 0 heterocycles. The zero-order chi connectivity index (χ0) is 25.6. The second kappa shape index (κ2) is 20.6. The first-order valence-corrected chi connectivity index (χ1v) is 19.2. The SMILES string of the molecule is CCCCCCCCCCCCCCP(CCCC)(CCCC)(CCCC)OP(=O)(OC)OC. The molecule has 0 rings (SSSR count). The maximum atomic E-state index is 13.3. The van der Waals surface area contributed by atoms with Crippen LogP contribution in [0.15, 0.2) is 0 Å². The molecule has 0 aromatic heterocycles. The molecule has 34 heavy (non-hydrogen) atoms. The van der Waals surface area contributed by atoms with Gasteiger partial charge in [-0.1, -0.05) is 13.3 Å². The van der Waals surface area contributed by atoms with E-state index in [4.69, 9.17) is 13.4 Å². The molecule has 0 amide bonds. The van der Waals surface area contributed by atoms with Gasteiger partial charge in [-0.25, -0.2) is 0 Å². The Kier molecular flexibility index (Phi) is 20.9. The summed E-state index contributed by atoms with van der Waals surface area (Å²) in [6, 6.07) is 0. The molecule has 0 aliphatic heterocycles. The first-order chi connectivity index (χ1) is 16.4. The van der Waals surface area contributed by atoms with Gasteiger partial charge in [0.05, 0.1) is 0 Å². The summed E-state index contributed by atoms with van der Waals surface area (Å²) in [6.07, 6.45) is 27.4. The molecule has 0 fully saturated rings. The fraction of sp³-hybridized carbons (Fsp3) is 1.00. The van der Waals surface area contributed by atoms with Crippen LogP contribution in [-0.2, 0) is 17.9 Å². The van der Waals surface area contributed by atoms with E-state index in [2.05, 4.69) is 27.7 Å². The maximum absolute atomic E-state index is 13.3. The molecule has 0 aliphatic carbocycles. The zero-order valence-corrected chi connectivity index (χ0v) is 25.9. The minimum absolute atomic E-state index is 1.07. The van der Waals surface area contributed by atoms with Crippen molar-refractivity contribution < 1.29 is 17.9 Å². The Balaban J connectivity index is 5.05. The van der Waals surface area contributed by atoms with Gasteiger partial charge in [0.2, 0.25) is 0 Å². The molecule has 0 radical (unpaired) electrons. The van der Waals surface area contributed by atoms with E-state index >= 15 is 0 Å². The third-order valence-corrected chi connectivity index (χ3v) is 16.9. The first kappa shape index (κ1) is 34.5. The van der Waals surface area contributed by atoms with Crippen LogP contribution in [0.5, 0.6) is 0 Å². The van der Waals surface area contributed by atoms with Crippen molar-refractivity contribution in [1.82, 2.24) is 0 Å². The third-order valence-electron chi connectivity index (χ3n) is 7.59. The van der Waals surface area contributed by atoms with Crippen LogP contribution in [0, 0.1) is 0 Å². The summed E-state index contributed by atoms with van der Waals surface area (Å²) in [7, 11) is -0.573. The quantitative estimate of drug-likeness (QED) is 0.0833. The van der Waals surface area contributed by atoms with Gasteiger partial charge in [0.1, 0.15) is 0 Å². The standard InChI is InChI=1S/C28H62O4P2/c1-7-11-15-16-17-18-19-20-21-22-23-24-28-34(25-12-8-2,26-13-9-3,27-14-10-4)32-33(29,30-5)31-6/h7-28H2,1-6H3. The molecule has 6 heteroatoms. The van der Waals surface area contributed by atoms with Crippen molar-refractivity contribution >= 4 is 14.7 Å². The van der Waals surface area contributed by atoms with Crippen molar-refractivity contribution in [1.29, 1.82) is 0 Å². The van der Waals surface area contributed by atoms with Crippen LogP contribution in [0.1, 0.15) is 143 Å². The van der Waals surface area contributed by atoms with Crippen LogP contribution in [0.25, 0.3) is 0 Å². The molecule has 0 saturated heterocycles. The summed E-state index contributed by atoms with van der Waals surface area (Å²) in [4.78, 5) is 0. The average molecular weight is 525 g/mol. The van der Waals surface area contributed by atoms with Crippen molar-refractivity contribution in [3.63, 3.8) is 0 Å². The Morgan fingerprint density at radius 1 is 0.471 bits per heavy atom. The molecular weight excluding hydrogens is 462 g/mol. The zero-order valence-electron chi connectivity index (χ0n) is 24.1. The van der Waals surface area contributed by atoms with Gasteiger partial charge in [0.25, 0.3) is 0 Å². The number of hydrogen-bond donors (Lipinski definition) is 0. The second-order valence-corrected chi connectivity index (χ2v) is 18.4. The molecule has 0 unspecified atom stereocenters. The minimum atomic E-state index is -3.52. The second-order valence-electron chi connectivity index (χ2n) is 10.6. The summed E-state index contributed by atoms with van der Waals surface area (Å²) in [5.41, 5.74) is 0. The molecule has 208 valence electrons. The molecule has 0 atom stereocenters. The Hall–Kier alpha value is 0.540. The number of phosphoric ester groups is 1. The molecule has 0 bridgehead atoms. The fourth-order valence-electron chi connectivity index (χ4n) is 5.29. The van der Waals surface area contributed by atoms with Gasteiger partial charge in [0.15, 0.2) is 0 Å². The van der Waals surface area contributed by atoms with Crippen LogP contribution >= 0.6 is 14.7 Å². The number of phosphoric acid groups is 1. The van der Waals surface area contributed by atoms with Gasteiger partial charge >= 0.3 is 201 Å². The Morgan fingerprint density at radius 2 is 0.765 bits per heavy atom. The Bertz CT molecular complexity index is 480. The third kappa shape index (κ3) is 14.3. The normalized spacial score (nSPS) is 13.8. The van der Waals surface area contributed by atoms with Crippen molar-refractivity contribution in [2.24, 2.45) is 0 Å². The van der Waals surface area contributed by atoms with Crippen molar-refractivity contribution in [3.05, 3.63) is 0 Å². The Labute approximate surface area is 214 Å². The molecule has 0 aromatic carbocycles. The molecule has 0 N–H and O–H groups in total. The van der Waals surface area contributed by atoms with Crippen molar-refractivity contribution in [2.75, 3.05) is 38.9 Å². The predicted molar refractivity (Wildman–Crippen MR) is 155 cm³/mol. The number of rotatable bonds is 26. The first-order valence-electron chi connectivity index (χ1n) is 14.8. The van der Waals surface area contributed by atoms with E-state index in [-0.39, 0.29) is 0 Å². The van der Waals surface area contributed by atoms with Gasteiger partial charge < -0.3 is 0 Å². The van der Waals surface area contributed by atoms with Crippen LogP contribution in [0.3, 0.4) is 0 Å².